The average molecular weight is 388 g/mol. The van der Waals surface area contributed by atoms with Gasteiger partial charge in [-0.1, -0.05) is 0 Å². The van der Waals surface area contributed by atoms with Gasteiger partial charge in [-0.15, -0.1) is 0 Å². The maximum absolute atomic E-state index is 13.2. The van der Waals surface area contributed by atoms with E-state index in [0.717, 1.165) is 6.20 Å². The third-order valence-electron chi connectivity index (χ3n) is 3.51. The van der Waals surface area contributed by atoms with E-state index in [9.17, 15) is 26.3 Å². The lowest BCUT2D eigenvalue weighted by molar-refractivity contribution is -0.143. The highest BCUT2D eigenvalue weighted by atomic mass is 19.4. The van der Waals surface area contributed by atoms with Crippen molar-refractivity contribution in [3.05, 3.63) is 54.0 Å². The number of nitrogens with zero attached hydrogens (tertiary/aromatic N) is 4. The fourth-order valence-corrected chi connectivity index (χ4v) is 2.26. The predicted molar refractivity (Wildman–Crippen MR) is 81.1 cm³/mol. The van der Waals surface area contributed by atoms with E-state index >= 15 is 0 Å². The smallest absolute Gasteiger partial charge is 0.433 e. The molecule has 2 heterocycles. The van der Waals surface area contributed by atoms with E-state index in [2.05, 4.69) is 15.1 Å². The molecule has 3 rings (SSSR count). The molecule has 0 saturated heterocycles. The molecular weight excluding hydrogens is 378 g/mol. The summed E-state index contributed by atoms with van der Waals surface area (Å²) in [5.41, 5.74) is -2.64. The minimum atomic E-state index is -4.88. The topological polar surface area (TPSA) is 52.8 Å². The van der Waals surface area contributed by atoms with Crippen LogP contribution in [0.1, 0.15) is 11.4 Å². The third kappa shape index (κ3) is 3.86. The monoisotopic (exact) mass is 388 g/mol. The molecule has 0 amide bonds. The first kappa shape index (κ1) is 18.7. The van der Waals surface area contributed by atoms with Crippen LogP contribution in [0.5, 0.6) is 5.75 Å². The molecule has 0 saturated carbocycles. The molecule has 0 spiro atoms. The van der Waals surface area contributed by atoms with Gasteiger partial charge in [0.15, 0.2) is 11.4 Å². The highest BCUT2D eigenvalue weighted by Gasteiger charge is 2.38. The Labute approximate surface area is 148 Å². The first-order valence-corrected chi connectivity index (χ1v) is 7.32. The van der Waals surface area contributed by atoms with Crippen LogP contribution in [0.25, 0.3) is 17.2 Å². The zero-order chi connectivity index (χ0) is 19.8. The lowest BCUT2D eigenvalue weighted by atomic mass is 10.1. The van der Waals surface area contributed by atoms with Crippen LogP contribution in [-0.4, -0.2) is 26.9 Å². The molecule has 0 atom stereocenters. The second-order valence-electron chi connectivity index (χ2n) is 5.29. The molecule has 0 radical (unpaired) electrons. The average Bonchev–Trinajstić information content (AvgIpc) is 3.11. The molecular formula is C16H10F6N4O. The summed E-state index contributed by atoms with van der Waals surface area (Å²) < 4.78 is 83.9. The van der Waals surface area contributed by atoms with Gasteiger partial charge in [0, 0.05) is 5.56 Å². The van der Waals surface area contributed by atoms with Crippen molar-refractivity contribution in [2.75, 3.05) is 7.11 Å². The van der Waals surface area contributed by atoms with Gasteiger partial charge in [-0.2, -0.15) is 36.1 Å². The molecule has 142 valence electrons. The number of methoxy groups -OCH3 is 1. The van der Waals surface area contributed by atoms with Gasteiger partial charge >= 0.3 is 12.4 Å². The van der Waals surface area contributed by atoms with Crippen LogP contribution in [0.4, 0.5) is 26.3 Å². The number of ether oxygens (including phenoxy) is 1. The van der Waals surface area contributed by atoms with E-state index in [0.29, 0.717) is 17.9 Å². The Morgan fingerprint density at radius 3 is 2.11 bits per heavy atom. The molecule has 0 unspecified atom stereocenters. The Kier molecular flexibility index (Phi) is 4.54. The summed E-state index contributed by atoms with van der Waals surface area (Å²) in [7, 11) is 1.41. The van der Waals surface area contributed by atoms with Crippen LogP contribution in [0, 0.1) is 0 Å². The Hall–Kier alpha value is -3.11. The molecule has 3 aromatic rings. The van der Waals surface area contributed by atoms with Crippen LogP contribution in [-0.2, 0) is 12.4 Å². The van der Waals surface area contributed by atoms with Gasteiger partial charge in [-0.3, -0.25) is 0 Å². The van der Waals surface area contributed by atoms with E-state index in [4.69, 9.17) is 4.74 Å². The molecule has 0 aliphatic rings. The van der Waals surface area contributed by atoms with Crippen LogP contribution >= 0.6 is 0 Å². The first-order valence-electron chi connectivity index (χ1n) is 7.32. The van der Waals surface area contributed by atoms with E-state index in [1.807, 2.05) is 0 Å². The molecule has 0 fully saturated rings. The van der Waals surface area contributed by atoms with Crippen molar-refractivity contribution < 1.29 is 31.1 Å². The standard InChI is InChI=1S/C16H10F6N4O/c1-27-10-4-2-9(3-5-10)11-8-12(15(17,18)19)25-14(24-11)26-13(6-7-23-26)16(20,21)22/h2-8H,1H3. The summed E-state index contributed by atoms with van der Waals surface area (Å²) in [6, 6.07) is 7.11. The zero-order valence-electron chi connectivity index (χ0n) is 13.5. The van der Waals surface area contributed by atoms with Crippen molar-refractivity contribution in [1.29, 1.82) is 0 Å². The number of rotatable bonds is 3. The van der Waals surface area contributed by atoms with Crippen molar-refractivity contribution in [1.82, 2.24) is 19.7 Å². The number of hydrogen-bond donors (Lipinski definition) is 0. The van der Waals surface area contributed by atoms with Gasteiger partial charge in [-0.25, -0.2) is 9.97 Å². The van der Waals surface area contributed by atoms with Crippen molar-refractivity contribution in [3.63, 3.8) is 0 Å². The molecule has 0 N–H and O–H groups in total. The fraction of sp³-hybridized carbons (Fsp3) is 0.188. The summed E-state index contributed by atoms with van der Waals surface area (Å²) in [6.07, 6.45) is -8.92. The van der Waals surface area contributed by atoms with Crippen molar-refractivity contribution in [2.45, 2.75) is 12.4 Å². The fourth-order valence-electron chi connectivity index (χ4n) is 2.26. The second kappa shape index (κ2) is 6.56. The summed E-state index contributed by atoms with van der Waals surface area (Å²) in [4.78, 5) is 7.06. The predicted octanol–water partition coefficient (Wildman–Crippen LogP) is 4.38. The Balaban J connectivity index is 2.19. The first-order chi connectivity index (χ1) is 12.6. The lowest BCUT2D eigenvalue weighted by Gasteiger charge is -2.13. The second-order valence-corrected chi connectivity index (χ2v) is 5.29. The Morgan fingerprint density at radius 1 is 0.889 bits per heavy atom. The van der Waals surface area contributed by atoms with Crippen molar-refractivity contribution in [2.24, 2.45) is 0 Å². The van der Waals surface area contributed by atoms with Gasteiger partial charge in [0.05, 0.1) is 19.0 Å². The minimum absolute atomic E-state index is 0.210. The van der Waals surface area contributed by atoms with E-state index in [-0.39, 0.29) is 15.9 Å². The van der Waals surface area contributed by atoms with Crippen LogP contribution < -0.4 is 4.74 Å². The van der Waals surface area contributed by atoms with Crippen LogP contribution in [0.3, 0.4) is 0 Å². The van der Waals surface area contributed by atoms with Crippen LogP contribution in [0.15, 0.2) is 42.6 Å². The molecule has 27 heavy (non-hydrogen) atoms. The molecule has 11 heteroatoms. The number of halogens is 6. The van der Waals surface area contributed by atoms with Crippen molar-refractivity contribution >= 4 is 0 Å². The normalized spacial score (nSPS) is 12.3. The van der Waals surface area contributed by atoms with E-state index in [1.54, 1.807) is 0 Å². The maximum atomic E-state index is 13.2. The van der Waals surface area contributed by atoms with E-state index < -0.39 is 29.7 Å². The quantitative estimate of drug-likeness (QED) is 0.625. The molecule has 5 nitrogen and oxygen atoms in total. The number of alkyl halides is 6. The molecule has 0 aliphatic heterocycles. The maximum Gasteiger partial charge on any atom is 0.433 e. The number of hydrogen-bond acceptors (Lipinski definition) is 4. The number of aromatic nitrogens is 4. The summed E-state index contributed by atoms with van der Waals surface area (Å²) in [5, 5.41) is 3.42. The SMILES string of the molecule is COc1ccc(-c2cc(C(F)(F)F)nc(-n3nccc3C(F)(F)F)n2)cc1. The zero-order valence-corrected chi connectivity index (χ0v) is 13.5. The van der Waals surface area contributed by atoms with E-state index in [1.165, 1.54) is 31.4 Å². The summed E-state index contributed by atoms with van der Waals surface area (Å²) in [6.45, 7) is 0. The van der Waals surface area contributed by atoms with Gasteiger partial charge in [0.1, 0.15) is 5.75 Å². The summed E-state index contributed by atoms with van der Waals surface area (Å²) in [5.74, 6) is -0.386. The highest BCUT2D eigenvalue weighted by molar-refractivity contribution is 5.61. The highest BCUT2D eigenvalue weighted by Crippen LogP contribution is 2.33. The Bertz CT molecular complexity index is 947. The van der Waals surface area contributed by atoms with Gasteiger partial charge < -0.3 is 4.74 Å². The molecule has 1 aromatic carbocycles. The van der Waals surface area contributed by atoms with Gasteiger partial charge in [0.25, 0.3) is 5.95 Å². The Morgan fingerprint density at radius 2 is 1.56 bits per heavy atom. The van der Waals surface area contributed by atoms with Crippen molar-refractivity contribution in [3.8, 4) is 23.0 Å². The van der Waals surface area contributed by atoms with Gasteiger partial charge in [-0.05, 0) is 36.4 Å². The van der Waals surface area contributed by atoms with Crippen LogP contribution in [0.2, 0.25) is 0 Å². The molecule has 2 aromatic heterocycles. The lowest BCUT2D eigenvalue weighted by Crippen LogP contribution is -2.18. The number of benzene rings is 1. The largest absolute Gasteiger partial charge is 0.497 e. The third-order valence-corrected chi connectivity index (χ3v) is 3.51. The van der Waals surface area contributed by atoms with Gasteiger partial charge in [0.2, 0.25) is 0 Å². The minimum Gasteiger partial charge on any atom is -0.497 e. The molecule has 0 bridgehead atoms. The summed E-state index contributed by atoms with van der Waals surface area (Å²) >= 11 is 0. The molecule has 0 aliphatic carbocycles.